The summed E-state index contributed by atoms with van der Waals surface area (Å²) in [4.78, 5) is 27.0. The highest BCUT2D eigenvalue weighted by atomic mass is 16.4. The monoisotopic (exact) mass is 340 g/mol. The number of carbonyl (C=O) groups excluding carboxylic acids is 1. The number of hydrogen-bond acceptors (Lipinski definition) is 3. The van der Waals surface area contributed by atoms with Gasteiger partial charge in [0, 0.05) is 25.8 Å². The summed E-state index contributed by atoms with van der Waals surface area (Å²) in [5.41, 5.74) is 2.07. The molecule has 0 aliphatic carbocycles. The zero-order valence-electron chi connectivity index (χ0n) is 14.6. The molecule has 0 bridgehead atoms. The van der Waals surface area contributed by atoms with Gasteiger partial charge in [0.05, 0.1) is 12.5 Å². The van der Waals surface area contributed by atoms with Crippen molar-refractivity contribution in [3.63, 3.8) is 0 Å². The van der Waals surface area contributed by atoms with Crippen molar-refractivity contribution in [2.45, 2.75) is 13.5 Å². The van der Waals surface area contributed by atoms with Crippen molar-refractivity contribution in [2.24, 2.45) is 5.92 Å². The van der Waals surface area contributed by atoms with Crippen LogP contribution in [0.2, 0.25) is 0 Å². The van der Waals surface area contributed by atoms with Gasteiger partial charge in [-0.25, -0.2) is 0 Å². The van der Waals surface area contributed by atoms with Crippen LogP contribution in [0.1, 0.15) is 12.5 Å². The van der Waals surface area contributed by atoms with Crippen molar-refractivity contribution in [3.8, 4) is 0 Å². The zero-order valence-corrected chi connectivity index (χ0v) is 14.6. The lowest BCUT2D eigenvalue weighted by Gasteiger charge is -2.28. The van der Waals surface area contributed by atoms with E-state index >= 15 is 0 Å². The van der Waals surface area contributed by atoms with Crippen LogP contribution < -0.4 is 4.90 Å². The molecule has 5 heteroatoms. The number of para-hydroxylation sites is 1. The number of benzene rings is 2. The summed E-state index contributed by atoms with van der Waals surface area (Å²) in [6.07, 6.45) is 0. The van der Waals surface area contributed by atoms with Gasteiger partial charge in [-0.3, -0.25) is 9.59 Å². The molecule has 0 aliphatic heterocycles. The average Bonchev–Trinajstić information content (AvgIpc) is 2.62. The van der Waals surface area contributed by atoms with Crippen molar-refractivity contribution in [1.29, 1.82) is 0 Å². The Balaban J connectivity index is 2.10. The van der Waals surface area contributed by atoms with Crippen LogP contribution in [0.3, 0.4) is 0 Å². The Morgan fingerprint density at radius 1 is 1.00 bits per heavy atom. The van der Waals surface area contributed by atoms with Gasteiger partial charge in [0.25, 0.3) is 0 Å². The van der Waals surface area contributed by atoms with Gasteiger partial charge in [0.15, 0.2) is 0 Å². The number of hydrogen-bond donors (Lipinski definition) is 1. The zero-order chi connectivity index (χ0) is 18.2. The van der Waals surface area contributed by atoms with Gasteiger partial charge in [-0.05, 0) is 17.7 Å². The minimum atomic E-state index is -0.899. The van der Waals surface area contributed by atoms with E-state index in [9.17, 15) is 9.59 Å². The van der Waals surface area contributed by atoms with Crippen LogP contribution in [0, 0.1) is 5.92 Å². The summed E-state index contributed by atoms with van der Waals surface area (Å²) in [7, 11) is 1.65. The predicted octanol–water partition coefficient (Wildman–Crippen LogP) is 2.87. The van der Waals surface area contributed by atoms with Crippen molar-refractivity contribution in [3.05, 3.63) is 66.2 Å². The first kappa shape index (κ1) is 18.5. The molecule has 0 aromatic heterocycles. The van der Waals surface area contributed by atoms with Gasteiger partial charge in [0.2, 0.25) is 5.91 Å². The molecule has 2 aromatic carbocycles. The summed E-state index contributed by atoms with van der Waals surface area (Å²) in [6, 6.07) is 19.7. The van der Waals surface area contributed by atoms with Crippen LogP contribution in [-0.2, 0) is 16.1 Å². The number of amides is 1. The molecule has 5 nitrogen and oxygen atoms in total. The first-order chi connectivity index (χ1) is 12.0. The molecule has 0 radical (unpaired) electrons. The lowest BCUT2D eigenvalue weighted by molar-refractivity contribution is -0.142. The second-order valence-electron chi connectivity index (χ2n) is 6.19. The molecular weight excluding hydrogens is 316 g/mol. The Bertz CT molecular complexity index is 689. The van der Waals surface area contributed by atoms with Crippen molar-refractivity contribution < 1.29 is 14.7 Å². The van der Waals surface area contributed by atoms with Gasteiger partial charge < -0.3 is 14.9 Å². The number of aliphatic carboxylic acids is 1. The van der Waals surface area contributed by atoms with Crippen LogP contribution in [0.4, 0.5) is 5.69 Å². The van der Waals surface area contributed by atoms with E-state index in [2.05, 4.69) is 0 Å². The molecule has 0 spiro atoms. The standard InChI is InChI=1S/C20H24N2O3/c1-16(20(24)25)13-21(2)19(23)15-22(18-11-7-4-8-12-18)14-17-9-5-3-6-10-17/h3-12,16H,13-15H2,1-2H3,(H,24,25). The second kappa shape index (κ2) is 8.87. The Labute approximate surface area is 148 Å². The smallest absolute Gasteiger partial charge is 0.308 e. The molecule has 25 heavy (non-hydrogen) atoms. The first-order valence-corrected chi connectivity index (χ1v) is 8.28. The molecule has 1 unspecified atom stereocenters. The second-order valence-corrected chi connectivity index (χ2v) is 6.19. The molecule has 132 valence electrons. The molecular formula is C20H24N2O3. The molecule has 1 N–H and O–H groups in total. The van der Waals surface area contributed by atoms with E-state index in [4.69, 9.17) is 5.11 Å². The van der Waals surface area contributed by atoms with Crippen molar-refractivity contribution in [2.75, 3.05) is 25.0 Å². The fourth-order valence-electron chi connectivity index (χ4n) is 2.56. The number of rotatable bonds is 8. The van der Waals surface area contributed by atoms with Gasteiger partial charge in [-0.1, -0.05) is 55.5 Å². The highest BCUT2D eigenvalue weighted by molar-refractivity contribution is 5.82. The fraction of sp³-hybridized carbons (Fsp3) is 0.300. The molecule has 1 atom stereocenters. The summed E-state index contributed by atoms with van der Waals surface area (Å²) >= 11 is 0. The maximum Gasteiger partial charge on any atom is 0.308 e. The first-order valence-electron chi connectivity index (χ1n) is 8.28. The number of carboxylic acids is 1. The third-order valence-corrected chi connectivity index (χ3v) is 4.06. The summed E-state index contributed by atoms with van der Waals surface area (Å²) in [5.74, 6) is -1.59. The Morgan fingerprint density at radius 2 is 1.56 bits per heavy atom. The lowest BCUT2D eigenvalue weighted by Crippen LogP contribution is -2.41. The molecule has 2 rings (SSSR count). The van der Waals surface area contributed by atoms with Crippen LogP contribution in [0.25, 0.3) is 0 Å². The highest BCUT2D eigenvalue weighted by Gasteiger charge is 2.20. The Kier molecular flexibility index (Phi) is 6.57. The van der Waals surface area contributed by atoms with Crippen molar-refractivity contribution >= 4 is 17.6 Å². The van der Waals surface area contributed by atoms with Crippen molar-refractivity contribution in [1.82, 2.24) is 4.90 Å². The van der Waals surface area contributed by atoms with E-state index in [-0.39, 0.29) is 19.0 Å². The van der Waals surface area contributed by atoms with E-state index in [0.29, 0.717) is 6.54 Å². The van der Waals surface area contributed by atoms with Gasteiger partial charge in [0.1, 0.15) is 0 Å². The topological polar surface area (TPSA) is 60.9 Å². The van der Waals surface area contributed by atoms with Gasteiger partial charge >= 0.3 is 5.97 Å². The van der Waals surface area contributed by atoms with E-state index in [1.807, 2.05) is 65.6 Å². The van der Waals surface area contributed by atoms with Gasteiger partial charge in [-0.2, -0.15) is 0 Å². The normalized spacial score (nSPS) is 11.6. The summed E-state index contributed by atoms with van der Waals surface area (Å²) in [6.45, 7) is 2.61. The Morgan fingerprint density at radius 3 is 2.12 bits per heavy atom. The molecule has 0 fully saturated rings. The molecule has 1 amide bonds. The van der Waals surface area contributed by atoms with E-state index in [1.54, 1.807) is 14.0 Å². The fourth-order valence-corrected chi connectivity index (χ4v) is 2.56. The molecule has 0 aliphatic rings. The predicted molar refractivity (Wildman–Crippen MR) is 98.4 cm³/mol. The molecule has 0 saturated carbocycles. The van der Waals surface area contributed by atoms with Crippen LogP contribution in [-0.4, -0.2) is 42.0 Å². The number of carboxylic acid groups (broad SMARTS) is 1. The van der Waals surface area contributed by atoms with E-state index < -0.39 is 11.9 Å². The quantitative estimate of drug-likeness (QED) is 0.803. The third-order valence-electron chi connectivity index (χ3n) is 4.06. The molecule has 0 heterocycles. The average molecular weight is 340 g/mol. The number of anilines is 1. The number of carbonyl (C=O) groups is 2. The van der Waals surface area contributed by atoms with E-state index in [1.165, 1.54) is 4.90 Å². The van der Waals surface area contributed by atoms with E-state index in [0.717, 1.165) is 11.3 Å². The van der Waals surface area contributed by atoms with Crippen LogP contribution in [0.5, 0.6) is 0 Å². The van der Waals surface area contributed by atoms with Crippen LogP contribution in [0.15, 0.2) is 60.7 Å². The maximum absolute atomic E-state index is 12.6. The number of nitrogens with zero attached hydrogens (tertiary/aromatic N) is 2. The summed E-state index contributed by atoms with van der Waals surface area (Å²) < 4.78 is 0. The lowest BCUT2D eigenvalue weighted by atomic mass is 10.1. The third kappa shape index (κ3) is 5.64. The SMILES string of the molecule is CC(CN(C)C(=O)CN(Cc1ccccc1)c1ccccc1)C(=O)O. The minimum Gasteiger partial charge on any atom is -0.481 e. The minimum absolute atomic E-state index is 0.104. The summed E-state index contributed by atoms with van der Waals surface area (Å²) in [5, 5.41) is 9.02. The molecule has 0 saturated heterocycles. The Hall–Kier alpha value is -2.82. The highest BCUT2D eigenvalue weighted by Crippen LogP contribution is 2.17. The maximum atomic E-state index is 12.6. The largest absolute Gasteiger partial charge is 0.481 e. The number of likely N-dealkylation sites (N-methyl/N-ethyl adjacent to an activating group) is 1. The van der Waals surface area contributed by atoms with Crippen LogP contribution >= 0.6 is 0 Å². The van der Waals surface area contributed by atoms with Gasteiger partial charge in [-0.15, -0.1) is 0 Å². The molecule has 2 aromatic rings.